The number of ether oxygens (including phenoxy) is 1. The molecule has 0 bridgehead atoms. The van der Waals surface area contributed by atoms with Gasteiger partial charge in [0.25, 0.3) is 11.2 Å². The molecule has 0 aliphatic carbocycles. The van der Waals surface area contributed by atoms with E-state index >= 15 is 0 Å². The monoisotopic (exact) mass is 428 g/mol. The molecule has 2 heterocycles. The number of nitrogens with zero attached hydrogens (tertiary/aromatic N) is 4. The highest BCUT2D eigenvalue weighted by molar-refractivity contribution is 5.89. The van der Waals surface area contributed by atoms with Gasteiger partial charge < -0.3 is 9.64 Å². The van der Waals surface area contributed by atoms with Crippen LogP contribution in [0.4, 0.5) is 5.69 Å². The van der Waals surface area contributed by atoms with Gasteiger partial charge in [-0.25, -0.2) is 4.79 Å². The lowest BCUT2D eigenvalue weighted by atomic mass is 10.1. The fourth-order valence-corrected chi connectivity index (χ4v) is 3.56. The molecule has 10 heteroatoms. The molecule has 1 saturated heterocycles. The Balaban J connectivity index is 1.67. The molecule has 0 radical (unpaired) electrons. The van der Waals surface area contributed by atoms with Crippen molar-refractivity contribution < 1.29 is 19.2 Å². The minimum absolute atomic E-state index is 0.339. The van der Waals surface area contributed by atoms with E-state index < -0.39 is 27.7 Å². The molecule has 1 aliphatic heterocycles. The van der Waals surface area contributed by atoms with E-state index in [4.69, 9.17) is 0 Å². The second-order valence-electron chi connectivity index (χ2n) is 7.44. The molecule has 1 aliphatic rings. The molecule has 0 unspecified atom stereocenters. The highest BCUT2D eigenvalue weighted by Gasteiger charge is 2.24. The number of piperazine rings is 1. The number of methoxy groups -OCH3 is 1. The van der Waals surface area contributed by atoms with E-state index in [2.05, 4.69) is 21.8 Å². The summed E-state index contributed by atoms with van der Waals surface area (Å²) in [6, 6.07) is 9.12. The first-order valence-corrected chi connectivity index (χ1v) is 9.81. The van der Waals surface area contributed by atoms with E-state index in [1.54, 1.807) is 4.90 Å². The maximum atomic E-state index is 12.7. The third-order valence-electron chi connectivity index (χ3n) is 5.21. The molecule has 1 amide bonds. The van der Waals surface area contributed by atoms with Gasteiger partial charge in [-0.05, 0) is 12.5 Å². The Bertz CT molecular complexity index is 1060. The number of rotatable bonds is 6. The predicted molar refractivity (Wildman–Crippen MR) is 112 cm³/mol. The maximum absolute atomic E-state index is 12.7. The fourth-order valence-electron chi connectivity index (χ4n) is 3.56. The van der Waals surface area contributed by atoms with Crippen LogP contribution < -0.4 is 5.56 Å². The lowest BCUT2D eigenvalue weighted by molar-refractivity contribution is -0.385. The quantitative estimate of drug-likeness (QED) is 0.386. The van der Waals surface area contributed by atoms with Crippen molar-refractivity contribution in [3.8, 4) is 0 Å². The number of carbonyl (C=O) groups excluding carboxylic acids is 2. The Hall–Kier alpha value is -3.53. The first kappa shape index (κ1) is 22.2. The lowest BCUT2D eigenvalue weighted by Gasteiger charge is -2.35. The number of esters is 1. The number of hydrogen-bond acceptors (Lipinski definition) is 7. The zero-order valence-corrected chi connectivity index (χ0v) is 17.4. The van der Waals surface area contributed by atoms with Crippen molar-refractivity contribution >= 4 is 17.6 Å². The normalized spacial score (nSPS) is 14.3. The largest absolute Gasteiger partial charge is 0.465 e. The fraction of sp³-hybridized carbons (Fsp3) is 0.381. The van der Waals surface area contributed by atoms with E-state index in [0.717, 1.165) is 30.5 Å². The highest BCUT2D eigenvalue weighted by Crippen LogP contribution is 2.13. The van der Waals surface area contributed by atoms with Gasteiger partial charge in [0.05, 0.1) is 18.2 Å². The van der Waals surface area contributed by atoms with Crippen molar-refractivity contribution in [3.63, 3.8) is 0 Å². The summed E-state index contributed by atoms with van der Waals surface area (Å²) in [6.07, 6.45) is 0.973. The van der Waals surface area contributed by atoms with Gasteiger partial charge in [-0.2, -0.15) is 0 Å². The Morgan fingerprint density at radius 1 is 1.16 bits per heavy atom. The van der Waals surface area contributed by atoms with Crippen LogP contribution in [0.25, 0.3) is 0 Å². The minimum atomic E-state index is -0.986. The number of nitro groups is 1. The minimum Gasteiger partial charge on any atom is -0.465 e. The summed E-state index contributed by atoms with van der Waals surface area (Å²) < 4.78 is 5.42. The van der Waals surface area contributed by atoms with E-state index in [9.17, 15) is 24.5 Å². The van der Waals surface area contributed by atoms with Crippen molar-refractivity contribution in [2.24, 2.45) is 0 Å². The summed E-state index contributed by atoms with van der Waals surface area (Å²) >= 11 is 0. The van der Waals surface area contributed by atoms with Crippen molar-refractivity contribution in [1.82, 2.24) is 14.4 Å². The van der Waals surface area contributed by atoms with Crippen LogP contribution in [0.15, 0.2) is 41.3 Å². The third-order valence-corrected chi connectivity index (χ3v) is 5.21. The number of carbonyl (C=O) groups is 2. The number of hydrogen-bond donors (Lipinski definition) is 0. The lowest BCUT2D eigenvalue weighted by Crippen LogP contribution is -2.49. The summed E-state index contributed by atoms with van der Waals surface area (Å²) in [7, 11) is 1.08. The molecule has 10 nitrogen and oxygen atoms in total. The van der Waals surface area contributed by atoms with Crippen LogP contribution in [-0.4, -0.2) is 64.5 Å². The summed E-state index contributed by atoms with van der Waals surface area (Å²) in [5, 5.41) is 11.2. The van der Waals surface area contributed by atoms with E-state index in [1.165, 1.54) is 11.1 Å². The number of benzene rings is 1. The van der Waals surface area contributed by atoms with Crippen LogP contribution >= 0.6 is 0 Å². The van der Waals surface area contributed by atoms with Crippen LogP contribution in [0.2, 0.25) is 0 Å². The second-order valence-corrected chi connectivity index (χ2v) is 7.44. The SMILES string of the molecule is COC(=O)c1cc([N+](=O)[O-])cn(CC(=O)N2CCN(Cc3cccc(C)c3)CC2)c1=O. The molecule has 0 saturated carbocycles. The highest BCUT2D eigenvalue weighted by atomic mass is 16.6. The first-order chi connectivity index (χ1) is 14.8. The van der Waals surface area contributed by atoms with E-state index in [0.29, 0.717) is 26.2 Å². The molecule has 0 N–H and O–H groups in total. The van der Waals surface area contributed by atoms with Gasteiger partial charge >= 0.3 is 5.97 Å². The van der Waals surface area contributed by atoms with Crippen LogP contribution in [0, 0.1) is 17.0 Å². The van der Waals surface area contributed by atoms with Gasteiger partial charge in [0.2, 0.25) is 5.91 Å². The number of pyridine rings is 1. The van der Waals surface area contributed by atoms with Gasteiger partial charge in [0.1, 0.15) is 12.1 Å². The summed E-state index contributed by atoms with van der Waals surface area (Å²) in [5.74, 6) is -1.33. The Morgan fingerprint density at radius 2 is 1.87 bits per heavy atom. The van der Waals surface area contributed by atoms with Crippen molar-refractivity contribution in [1.29, 1.82) is 0 Å². The Kier molecular flexibility index (Phi) is 6.81. The van der Waals surface area contributed by atoms with E-state index in [1.807, 2.05) is 19.1 Å². The van der Waals surface area contributed by atoms with Gasteiger partial charge in [0.15, 0.2) is 0 Å². The zero-order chi connectivity index (χ0) is 22.5. The molecular weight excluding hydrogens is 404 g/mol. The van der Waals surface area contributed by atoms with Crippen molar-refractivity contribution in [2.45, 2.75) is 20.0 Å². The van der Waals surface area contributed by atoms with Crippen molar-refractivity contribution in [3.05, 3.63) is 73.7 Å². The average molecular weight is 428 g/mol. The summed E-state index contributed by atoms with van der Waals surface area (Å²) in [6.45, 7) is 4.77. The van der Waals surface area contributed by atoms with E-state index in [-0.39, 0.29) is 12.5 Å². The Labute approximate surface area is 178 Å². The van der Waals surface area contributed by atoms with Gasteiger partial charge in [-0.1, -0.05) is 29.8 Å². The topological polar surface area (TPSA) is 115 Å². The zero-order valence-electron chi connectivity index (χ0n) is 17.4. The van der Waals surface area contributed by atoms with Crippen LogP contribution in [0.5, 0.6) is 0 Å². The first-order valence-electron chi connectivity index (χ1n) is 9.81. The predicted octanol–water partition coefficient (Wildman–Crippen LogP) is 1.20. The molecule has 0 atom stereocenters. The van der Waals surface area contributed by atoms with Crippen molar-refractivity contribution in [2.75, 3.05) is 33.3 Å². The maximum Gasteiger partial charge on any atom is 0.343 e. The smallest absolute Gasteiger partial charge is 0.343 e. The van der Waals surface area contributed by atoms with Gasteiger partial charge in [0, 0.05) is 38.8 Å². The second kappa shape index (κ2) is 9.52. The standard InChI is InChI=1S/C21H24N4O6/c1-15-4-3-5-16(10-15)12-22-6-8-23(9-7-22)19(26)14-24-13-17(25(29)30)11-18(20(24)27)21(28)31-2/h3-5,10-11,13H,6-9,12,14H2,1-2H3. The number of aryl methyl sites for hydroxylation is 1. The number of aromatic nitrogens is 1. The number of amides is 1. The van der Waals surface area contributed by atoms with Gasteiger partial charge in [-0.15, -0.1) is 0 Å². The van der Waals surface area contributed by atoms with Crippen LogP contribution in [0.1, 0.15) is 21.5 Å². The average Bonchev–Trinajstić information content (AvgIpc) is 2.75. The molecule has 3 rings (SSSR count). The molecular formula is C21H24N4O6. The Morgan fingerprint density at radius 3 is 2.48 bits per heavy atom. The molecule has 1 aromatic carbocycles. The molecule has 2 aromatic rings. The van der Waals surface area contributed by atoms with Crippen LogP contribution in [-0.2, 0) is 22.6 Å². The molecule has 1 aromatic heterocycles. The van der Waals surface area contributed by atoms with Crippen LogP contribution in [0.3, 0.4) is 0 Å². The van der Waals surface area contributed by atoms with Gasteiger partial charge in [-0.3, -0.25) is 29.2 Å². The molecule has 0 spiro atoms. The molecule has 31 heavy (non-hydrogen) atoms. The molecule has 164 valence electrons. The molecule has 1 fully saturated rings. The summed E-state index contributed by atoms with van der Waals surface area (Å²) in [4.78, 5) is 51.3. The summed E-state index contributed by atoms with van der Waals surface area (Å²) in [5.41, 5.74) is 0.658. The third kappa shape index (κ3) is 5.34.